The highest BCUT2D eigenvalue weighted by Gasteiger charge is 2.29. The molecule has 0 aromatic heterocycles. The van der Waals surface area contributed by atoms with E-state index in [1.54, 1.807) is 0 Å². The molecule has 7 heteroatoms. The Balaban J connectivity index is 4.36. The van der Waals surface area contributed by atoms with Gasteiger partial charge < -0.3 is 24.1 Å². The van der Waals surface area contributed by atoms with Crippen molar-refractivity contribution in [2.45, 2.75) is 32.2 Å². The van der Waals surface area contributed by atoms with E-state index in [0.29, 0.717) is 0 Å². The third-order valence-corrected chi connectivity index (χ3v) is 2.27. The van der Waals surface area contributed by atoms with Crippen LogP contribution in [0.3, 0.4) is 0 Å². The number of carbonyl (C=O) groups is 2. The first-order chi connectivity index (χ1) is 8.42. The average Bonchev–Trinajstić information content (AvgIpc) is 2.29. The average molecular weight is 264 g/mol. The molecule has 0 heterocycles. The van der Waals surface area contributed by atoms with Crippen molar-refractivity contribution in [3.63, 3.8) is 0 Å². The highest BCUT2D eigenvalue weighted by molar-refractivity contribution is 5.66. The molecule has 18 heavy (non-hydrogen) atoms. The second-order valence-electron chi connectivity index (χ2n) is 3.64. The van der Waals surface area contributed by atoms with Crippen LogP contribution >= 0.6 is 0 Å². The van der Waals surface area contributed by atoms with E-state index in [1.807, 2.05) is 0 Å². The predicted octanol–water partition coefficient (Wildman–Crippen LogP) is -0.496. The Morgan fingerprint density at radius 3 is 1.50 bits per heavy atom. The molecular formula is C11H20O7. The Kier molecular flexibility index (Phi) is 8.27. The van der Waals surface area contributed by atoms with E-state index in [9.17, 15) is 14.7 Å². The second kappa shape index (κ2) is 8.84. The first kappa shape index (κ1) is 16.8. The molecule has 7 nitrogen and oxygen atoms in total. The van der Waals surface area contributed by atoms with E-state index in [0.717, 1.165) is 0 Å². The van der Waals surface area contributed by atoms with Gasteiger partial charge in [0.2, 0.25) is 0 Å². The summed E-state index contributed by atoms with van der Waals surface area (Å²) in [5.74, 6) is -0.948. The van der Waals surface area contributed by atoms with Gasteiger partial charge in [0.15, 0.2) is 0 Å². The summed E-state index contributed by atoms with van der Waals surface area (Å²) in [7, 11) is 2.74. The maximum Gasteiger partial charge on any atom is 0.302 e. The van der Waals surface area contributed by atoms with Crippen molar-refractivity contribution in [3.8, 4) is 0 Å². The van der Waals surface area contributed by atoms with Gasteiger partial charge in [-0.15, -0.1) is 0 Å². The third kappa shape index (κ3) is 6.53. The van der Waals surface area contributed by atoms with Gasteiger partial charge in [-0.3, -0.25) is 9.59 Å². The molecule has 0 aliphatic rings. The molecule has 0 aromatic rings. The first-order valence-corrected chi connectivity index (χ1v) is 5.42. The van der Waals surface area contributed by atoms with Gasteiger partial charge >= 0.3 is 11.9 Å². The number of hydrogen-bond donors (Lipinski definition) is 1. The number of carbonyl (C=O) groups excluding carboxylic acids is 2. The van der Waals surface area contributed by atoms with E-state index in [1.165, 1.54) is 28.1 Å². The van der Waals surface area contributed by atoms with Crippen molar-refractivity contribution in [1.29, 1.82) is 0 Å². The lowest BCUT2D eigenvalue weighted by atomic mass is 10.1. The second-order valence-corrected chi connectivity index (χ2v) is 3.64. The zero-order chi connectivity index (χ0) is 14.1. The van der Waals surface area contributed by atoms with Crippen LogP contribution in [0.15, 0.2) is 0 Å². The monoisotopic (exact) mass is 264 g/mol. The van der Waals surface area contributed by atoms with E-state index in [2.05, 4.69) is 0 Å². The fourth-order valence-electron chi connectivity index (χ4n) is 1.25. The van der Waals surface area contributed by atoms with Gasteiger partial charge in [-0.05, 0) is 0 Å². The lowest BCUT2D eigenvalue weighted by Crippen LogP contribution is -2.45. The highest BCUT2D eigenvalue weighted by Crippen LogP contribution is 2.08. The molecule has 0 spiro atoms. The van der Waals surface area contributed by atoms with Crippen LogP contribution in [-0.2, 0) is 28.5 Å². The van der Waals surface area contributed by atoms with Crippen LogP contribution in [0.25, 0.3) is 0 Å². The van der Waals surface area contributed by atoms with Gasteiger partial charge in [0.1, 0.15) is 31.5 Å². The Labute approximate surface area is 106 Å². The standard InChI is InChI=1S/C11H20O7/c1-7(12)17-5-9(15-3)11(14)10(16-4)6-18-8(2)13/h9-11,14H,5-6H2,1-4H3/t9-,10+,11?. The van der Waals surface area contributed by atoms with Crippen molar-refractivity contribution in [2.75, 3.05) is 27.4 Å². The summed E-state index contributed by atoms with van der Waals surface area (Å²) >= 11 is 0. The van der Waals surface area contributed by atoms with Crippen LogP contribution in [0.4, 0.5) is 0 Å². The third-order valence-electron chi connectivity index (χ3n) is 2.27. The summed E-state index contributed by atoms with van der Waals surface area (Å²) in [6.07, 6.45) is -2.59. The van der Waals surface area contributed by atoms with Gasteiger partial charge in [0, 0.05) is 28.1 Å². The summed E-state index contributed by atoms with van der Waals surface area (Å²) in [6.45, 7) is 2.30. The highest BCUT2D eigenvalue weighted by atomic mass is 16.6. The number of ether oxygens (including phenoxy) is 4. The Morgan fingerprint density at radius 1 is 0.944 bits per heavy atom. The minimum Gasteiger partial charge on any atom is -0.463 e. The molecule has 1 unspecified atom stereocenters. The number of methoxy groups -OCH3 is 2. The minimum atomic E-state index is -1.08. The molecule has 106 valence electrons. The normalized spacial score (nSPS) is 15.6. The van der Waals surface area contributed by atoms with E-state index >= 15 is 0 Å². The molecule has 0 saturated carbocycles. The summed E-state index contributed by atoms with van der Waals surface area (Å²) < 4.78 is 19.5. The molecular weight excluding hydrogens is 244 g/mol. The summed E-state index contributed by atoms with van der Waals surface area (Å²) in [4.78, 5) is 21.4. The molecule has 0 amide bonds. The summed E-state index contributed by atoms with van der Waals surface area (Å²) in [5, 5.41) is 9.96. The Bertz CT molecular complexity index is 240. The zero-order valence-electron chi connectivity index (χ0n) is 11.0. The molecule has 0 bridgehead atoms. The van der Waals surface area contributed by atoms with Crippen molar-refractivity contribution < 1.29 is 33.6 Å². The fraction of sp³-hybridized carbons (Fsp3) is 0.818. The van der Waals surface area contributed by atoms with E-state index < -0.39 is 30.3 Å². The lowest BCUT2D eigenvalue weighted by molar-refractivity contribution is -0.160. The number of esters is 2. The van der Waals surface area contributed by atoms with Gasteiger partial charge in [0.05, 0.1) is 0 Å². The van der Waals surface area contributed by atoms with Crippen LogP contribution in [0, 0.1) is 0 Å². The number of aliphatic hydroxyl groups is 1. The minimum absolute atomic E-state index is 0.104. The SMILES string of the molecule is CO[C@@H](COC(C)=O)C(O)[C@@H](COC(C)=O)OC. The molecule has 0 radical (unpaired) electrons. The van der Waals surface area contributed by atoms with Crippen LogP contribution in [0.5, 0.6) is 0 Å². The maximum absolute atomic E-state index is 10.7. The molecule has 0 aliphatic heterocycles. The van der Waals surface area contributed by atoms with Crippen molar-refractivity contribution in [2.24, 2.45) is 0 Å². The number of aliphatic hydroxyl groups excluding tert-OH is 1. The quantitative estimate of drug-likeness (QED) is 0.591. The Hall–Kier alpha value is -1.18. The van der Waals surface area contributed by atoms with E-state index in [4.69, 9.17) is 18.9 Å². The molecule has 0 rings (SSSR count). The van der Waals surface area contributed by atoms with Crippen LogP contribution in [-0.4, -0.2) is 62.8 Å². The molecule has 0 fully saturated rings. The van der Waals surface area contributed by atoms with E-state index in [-0.39, 0.29) is 13.2 Å². The molecule has 0 aromatic carbocycles. The lowest BCUT2D eigenvalue weighted by Gasteiger charge is -2.27. The molecule has 1 N–H and O–H groups in total. The fourth-order valence-corrected chi connectivity index (χ4v) is 1.25. The first-order valence-electron chi connectivity index (χ1n) is 5.42. The summed E-state index contributed by atoms with van der Waals surface area (Å²) in [6, 6.07) is 0. The Morgan fingerprint density at radius 2 is 1.28 bits per heavy atom. The topological polar surface area (TPSA) is 91.3 Å². The van der Waals surface area contributed by atoms with Gasteiger partial charge in [-0.1, -0.05) is 0 Å². The molecule has 0 aliphatic carbocycles. The number of hydrogen-bond acceptors (Lipinski definition) is 7. The largest absolute Gasteiger partial charge is 0.463 e. The molecule has 3 atom stereocenters. The van der Waals surface area contributed by atoms with Crippen LogP contribution in [0.1, 0.15) is 13.8 Å². The van der Waals surface area contributed by atoms with Crippen molar-refractivity contribution in [1.82, 2.24) is 0 Å². The molecule has 0 saturated heterocycles. The van der Waals surface area contributed by atoms with Crippen molar-refractivity contribution in [3.05, 3.63) is 0 Å². The van der Waals surface area contributed by atoms with Crippen molar-refractivity contribution >= 4 is 11.9 Å². The van der Waals surface area contributed by atoms with Crippen LogP contribution < -0.4 is 0 Å². The van der Waals surface area contributed by atoms with Gasteiger partial charge in [-0.2, -0.15) is 0 Å². The predicted molar refractivity (Wildman–Crippen MR) is 60.9 cm³/mol. The smallest absolute Gasteiger partial charge is 0.302 e. The number of rotatable bonds is 8. The maximum atomic E-state index is 10.7. The van der Waals surface area contributed by atoms with Gasteiger partial charge in [0.25, 0.3) is 0 Å². The van der Waals surface area contributed by atoms with Crippen LogP contribution in [0.2, 0.25) is 0 Å². The summed E-state index contributed by atoms with van der Waals surface area (Å²) in [5.41, 5.74) is 0. The van der Waals surface area contributed by atoms with Gasteiger partial charge in [-0.25, -0.2) is 0 Å². The zero-order valence-corrected chi connectivity index (χ0v) is 11.0.